The summed E-state index contributed by atoms with van der Waals surface area (Å²) in [6.07, 6.45) is 2.23. The number of hydrogen-bond donors (Lipinski definition) is 3. The van der Waals surface area contributed by atoms with Gasteiger partial charge >= 0.3 is 0 Å². The van der Waals surface area contributed by atoms with E-state index in [1.54, 1.807) is 18.2 Å². The van der Waals surface area contributed by atoms with Crippen LogP contribution in [0, 0.1) is 0 Å². The molecule has 0 saturated carbocycles. The van der Waals surface area contributed by atoms with Crippen molar-refractivity contribution in [2.75, 3.05) is 11.9 Å². The Hall–Kier alpha value is -2.45. The zero-order valence-corrected chi connectivity index (χ0v) is 16.7. The van der Waals surface area contributed by atoms with Crippen LogP contribution in [-0.2, 0) is 0 Å². The fraction of sp³-hybridized carbons (Fsp3) is 0.105. The van der Waals surface area contributed by atoms with Gasteiger partial charge in [-0.1, -0.05) is 46.7 Å². The summed E-state index contributed by atoms with van der Waals surface area (Å²) in [5.41, 5.74) is 1.28. The molecule has 0 amide bonds. The summed E-state index contributed by atoms with van der Waals surface area (Å²) in [5, 5.41) is 25.3. The molecule has 2 aromatic carbocycles. The minimum Gasteiger partial charge on any atom is -0.492 e. The predicted molar refractivity (Wildman–Crippen MR) is 113 cm³/mol. The lowest BCUT2D eigenvalue weighted by molar-refractivity contribution is 0.307. The highest BCUT2D eigenvalue weighted by atomic mass is 35.5. The number of amidine groups is 1. The van der Waals surface area contributed by atoms with Gasteiger partial charge in [0.2, 0.25) is 5.88 Å². The van der Waals surface area contributed by atoms with E-state index in [1.165, 1.54) is 11.3 Å². The maximum Gasteiger partial charge on any atom is 0.231 e. The molecule has 1 aliphatic heterocycles. The number of fused-ring (bicyclic) bond motifs is 1. The molecule has 2 heterocycles. The molecule has 3 aromatic rings. The lowest BCUT2D eigenvalue weighted by atomic mass is 10.2. The van der Waals surface area contributed by atoms with Crippen molar-refractivity contribution in [2.45, 2.75) is 6.42 Å². The smallest absolute Gasteiger partial charge is 0.231 e. The molecular weight excluding hydrogens is 419 g/mol. The Morgan fingerprint density at radius 2 is 1.89 bits per heavy atom. The summed E-state index contributed by atoms with van der Waals surface area (Å²) in [7, 11) is 0. The molecule has 0 spiro atoms. The van der Waals surface area contributed by atoms with Gasteiger partial charge in [-0.2, -0.15) is 4.98 Å². The van der Waals surface area contributed by atoms with Crippen molar-refractivity contribution in [1.29, 1.82) is 0 Å². The number of para-hydroxylation sites is 1. The first-order valence-corrected chi connectivity index (χ1v) is 9.90. The maximum atomic E-state index is 10.2. The number of anilines is 2. The molecule has 0 bridgehead atoms. The number of rotatable bonds is 5. The highest BCUT2D eigenvalue weighted by molar-refractivity contribution is 7.16. The average molecular weight is 433 g/mol. The van der Waals surface area contributed by atoms with Crippen molar-refractivity contribution in [3.63, 3.8) is 0 Å². The molecule has 0 unspecified atom stereocenters. The van der Waals surface area contributed by atoms with E-state index < -0.39 is 0 Å². The highest BCUT2D eigenvalue weighted by Crippen LogP contribution is 2.36. The zero-order chi connectivity index (χ0) is 19.7. The summed E-state index contributed by atoms with van der Waals surface area (Å²) >= 11 is 13.6. The molecule has 6 nitrogen and oxygen atoms in total. The van der Waals surface area contributed by atoms with Gasteiger partial charge in [-0.05, 0) is 35.6 Å². The summed E-state index contributed by atoms with van der Waals surface area (Å²) in [6, 6.07) is 10.8. The Morgan fingerprint density at radius 1 is 1.11 bits per heavy atom. The van der Waals surface area contributed by atoms with E-state index in [2.05, 4.69) is 20.3 Å². The number of benzene rings is 2. The second-order valence-electron chi connectivity index (χ2n) is 5.93. The molecule has 0 aliphatic carbocycles. The Bertz CT molecular complexity index is 1190. The van der Waals surface area contributed by atoms with Crippen LogP contribution in [-0.4, -0.2) is 27.6 Å². The third kappa shape index (κ3) is 3.88. The van der Waals surface area contributed by atoms with Gasteiger partial charge < -0.3 is 15.5 Å². The molecule has 4 rings (SSSR count). The lowest BCUT2D eigenvalue weighted by Crippen LogP contribution is -2.07. The normalized spacial score (nSPS) is 13.2. The Balaban J connectivity index is 1.64. The number of hydrogen-bond acceptors (Lipinski definition) is 7. The van der Waals surface area contributed by atoms with Crippen LogP contribution in [0.4, 0.5) is 16.5 Å². The van der Waals surface area contributed by atoms with E-state index in [4.69, 9.17) is 28.3 Å². The van der Waals surface area contributed by atoms with Crippen molar-refractivity contribution in [1.82, 2.24) is 4.98 Å². The fourth-order valence-electron chi connectivity index (χ4n) is 2.68. The molecule has 28 heavy (non-hydrogen) atoms. The van der Waals surface area contributed by atoms with Crippen molar-refractivity contribution >= 4 is 63.0 Å². The quantitative estimate of drug-likeness (QED) is 0.572. The van der Waals surface area contributed by atoms with Crippen molar-refractivity contribution in [2.24, 2.45) is 9.98 Å². The number of aliphatic imine (C=N–C) groups is 1. The number of aromatic hydroxyl groups is 1. The van der Waals surface area contributed by atoms with E-state index in [0.29, 0.717) is 38.0 Å². The molecule has 142 valence electrons. The first-order valence-electron chi connectivity index (χ1n) is 8.33. The average Bonchev–Trinajstić information content (AvgIpc) is 3.21. The third-order valence-corrected chi connectivity index (χ3v) is 5.50. The molecule has 1 aromatic heterocycles. The van der Waals surface area contributed by atoms with Crippen molar-refractivity contribution in [3.05, 3.63) is 61.9 Å². The highest BCUT2D eigenvalue weighted by Gasteiger charge is 2.12. The minimum atomic E-state index is -0.0923. The third-order valence-electron chi connectivity index (χ3n) is 3.96. The summed E-state index contributed by atoms with van der Waals surface area (Å²) < 4.78 is 0. The number of aliphatic hydroxyl groups excluding tert-OH is 1. The summed E-state index contributed by atoms with van der Waals surface area (Å²) in [4.78, 5) is 13.5. The van der Waals surface area contributed by atoms with Crippen LogP contribution in [0.25, 0.3) is 6.08 Å². The maximum absolute atomic E-state index is 10.2. The molecule has 0 atom stereocenters. The van der Waals surface area contributed by atoms with Crippen molar-refractivity contribution < 1.29 is 10.2 Å². The molecule has 3 N–H and O–H groups in total. The molecule has 0 fully saturated rings. The lowest BCUT2D eigenvalue weighted by Gasteiger charge is -2.06. The number of aromatic nitrogens is 1. The van der Waals surface area contributed by atoms with Crippen LogP contribution in [0.15, 0.2) is 46.4 Å². The van der Waals surface area contributed by atoms with Gasteiger partial charge in [-0.25, -0.2) is 9.98 Å². The molecular formula is C19H14Cl2N4O2S. The molecule has 0 saturated heterocycles. The first kappa shape index (κ1) is 18.9. The van der Waals surface area contributed by atoms with Gasteiger partial charge in [-0.3, -0.25) is 0 Å². The molecule has 0 radical (unpaired) electrons. The summed E-state index contributed by atoms with van der Waals surface area (Å²) in [5.74, 6) is 0.517. The Labute approximate surface area is 174 Å². The van der Waals surface area contributed by atoms with E-state index >= 15 is 0 Å². The number of halogens is 2. The summed E-state index contributed by atoms with van der Waals surface area (Å²) in [6.45, 7) is 0.00919. The van der Waals surface area contributed by atoms with Crippen LogP contribution in [0.1, 0.15) is 11.3 Å². The number of nitrogens with zero attached hydrogens (tertiary/aromatic N) is 3. The zero-order valence-electron chi connectivity index (χ0n) is 14.4. The van der Waals surface area contributed by atoms with Gasteiger partial charge in [0.25, 0.3) is 0 Å². The Morgan fingerprint density at radius 3 is 2.64 bits per heavy atom. The second kappa shape index (κ2) is 7.89. The predicted octanol–water partition coefficient (Wildman–Crippen LogP) is 3.77. The van der Waals surface area contributed by atoms with E-state index in [-0.39, 0.29) is 12.5 Å². The van der Waals surface area contributed by atoms with Crippen LogP contribution < -0.4 is 15.9 Å². The van der Waals surface area contributed by atoms with Crippen LogP contribution in [0.2, 0.25) is 10.0 Å². The fourth-order valence-corrected chi connectivity index (χ4v) is 3.99. The van der Waals surface area contributed by atoms with E-state index in [9.17, 15) is 5.11 Å². The monoisotopic (exact) mass is 432 g/mol. The topological polar surface area (TPSA) is 90.1 Å². The van der Waals surface area contributed by atoms with Crippen molar-refractivity contribution in [3.8, 4) is 5.88 Å². The van der Waals surface area contributed by atoms with Gasteiger partial charge in [-0.15, -0.1) is 0 Å². The Kier molecular flexibility index (Phi) is 5.32. The van der Waals surface area contributed by atoms with Crippen LogP contribution >= 0.6 is 34.5 Å². The van der Waals surface area contributed by atoms with Gasteiger partial charge in [0, 0.05) is 6.42 Å². The van der Waals surface area contributed by atoms with Crippen LogP contribution in [0.3, 0.4) is 0 Å². The first-order chi connectivity index (χ1) is 13.5. The van der Waals surface area contributed by atoms with E-state index in [0.717, 1.165) is 16.3 Å². The number of thiazole rings is 1. The standard InChI is InChI=1S/C19H14Cl2N4O2S/c20-11-2-1-3-12(21)17(11)24-19-25-18(27)15(28-19)9-10-4-5-13-14(8-10)23-16(22-13)6-7-26/h1-5,8-9,26-27H,6-7H2,(H,24,25). The largest absolute Gasteiger partial charge is 0.492 e. The molecule has 9 heteroatoms. The van der Waals surface area contributed by atoms with Gasteiger partial charge in [0.15, 0.2) is 5.13 Å². The van der Waals surface area contributed by atoms with Gasteiger partial charge in [0.05, 0.1) is 38.3 Å². The van der Waals surface area contributed by atoms with Crippen LogP contribution in [0.5, 0.6) is 5.88 Å². The number of aliphatic hydroxyl groups is 1. The minimum absolute atomic E-state index is 0.00919. The van der Waals surface area contributed by atoms with Gasteiger partial charge in [0.1, 0.15) is 5.84 Å². The number of nitrogens with one attached hydrogen (secondary N) is 1. The SMILES string of the molecule is OCCC1=Nc2cc(=Cc3sc(Nc4c(Cl)cccc4Cl)nc3O)ccc2=N1. The molecule has 1 aliphatic rings. The van der Waals surface area contributed by atoms with E-state index in [1.807, 2.05) is 24.3 Å². The second-order valence-corrected chi connectivity index (χ2v) is 7.78.